The van der Waals surface area contributed by atoms with E-state index in [0.717, 1.165) is 0 Å². The Labute approximate surface area is 76.4 Å². The van der Waals surface area contributed by atoms with E-state index in [-0.39, 0.29) is 12.4 Å². The predicted molar refractivity (Wildman–Crippen MR) is 45.2 cm³/mol. The Bertz CT molecular complexity index is 240. The predicted octanol–water partition coefficient (Wildman–Crippen LogP) is 1.08. The molecule has 0 spiro atoms. The molecule has 0 atom stereocenters. The van der Waals surface area contributed by atoms with Gasteiger partial charge in [-0.25, -0.2) is 14.8 Å². The molecule has 1 aromatic rings. The highest BCUT2D eigenvalue weighted by atomic mass is 35.5. The van der Waals surface area contributed by atoms with E-state index < -0.39 is 5.97 Å². The molecule has 4 nitrogen and oxygen atoms in total. The Morgan fingerprint density at radius 2 is 2.42 bits per heavy atom. The van der Waals surface area contributed by atoms with Crippen molar-refractivity contribution in [1.29, 1.82) is 0 Å². The van der Waals surface area contributed by atoms with Gasteiger partial charge >= 0.3 is 5.97 Å². The summed E-state index contributed by atoms with van der Waals surface area (Å²) in [5.41, 5.74) is 0.293. The molecule has 0 bridgehead atoms. The second-order valence-electron chi connectivity index (χ2n) is 1.82. The van der Waals surface area contributed by atoms with Crippen LogP contribution >= 0.6 is 12.4 Å². The summed E-state index contributed by atoms with van der Waals surface area (Å²) in [4.78, 5) is 18.3. The van der Waals surface area contributed by atoms with Crippen LogP contribution < -0.4 is 0 Å². The molecule has 12 heavy (non-hydrogen) atoms. The smallest absolute Gasteiger partial charge is 0.357 e. The lowest BCUT2D eigenvalue weighted by Crippen LogP contribution is -2.06. The largest absolute Gasteiger partial charge is 0.461 e. The normalized spacial score (nSPS) is 8.42. The van der Waals surface area contributed by atoms with Crippen molar-refractivity contribution in [2.75, 3.05) is 6.61 Å². The minimum absolute atomic E-state index is 0. The Morgan fingerprint density at radius 1 is 1.67 bits per heavy atom. The number of hydrogen-bond acceptors (Lipinski definition) is 4. The second kappa shape index (κ2) is 5.49. The molecule has 1 heterocycles. The van der Waals surface area contributed by atoms with Crippen molar-refractivity contribution in [2.24, 2.45) is 0 Å². The molecule has 0 aliphatic carbocycles. The van der Waals surface area contributed by atoms with Gasteiger partial charge < -0.3 is 4.74 Å². The fraction of sp³-hybridized carbons (Fsp3) is 0.286. The van der Waals surface area contributed by atoms with Gasteiger partial charge in [-0.15, -0.1) is 12.4 Å². The van der Waals surface area contributed by atoms with Crippen LogP contribution in [0, 0.1) is 0 Å². The number of esters is 1. The first-order chi connectivity index (χ1) is 5.34. The first kappa shape index (κ1) is 10.8. The van der Waals surface area contributed by atoms with Gasteiger partial charge in [0.15, 0.2) is 5.69 Å². The van der Waals surface area contributed by atoms with E-state index in [1.807, 2.05) is 0 Å². The Hall–Kier alpha value is -1.16. The number of nitrogens with zero attached hydrogens (tertiary/aromatic N) is 2. The van der Waals surface area contributed by atoms with Crippen molar-refractivity contribution in [3.63, 3.8) is 0 Å². The molecule has 1 aromatic heterocycles. The Kier molecular flexibility index (Phi) is 4.96. The third-order valence-electron chi connectivity index (χ3n) is 1.07. The lowest BCUT2D eigenvalue weighted by molar-refractivity contribution is 0.0519. The highest BCUT2D eigenvalue weighted by Crippen LogP contribution is 1.93. The fourth-order valence-corrected chi connectivity index (χ4v) is 0.616. The molecule has 0 unspecified atom stereocenters. The van der Waals surface area contributed by atoms with Crippen LogP contribution in [0.5, 0.6) is 0 Å². The van der Waals surface area contributed by atoms with Gasteiger partial charge in [-0.05, 0) is 13.0 Å². The SMILES string of the molecule is CCOC(=O)c1ccncn1.Cl. The van der Waals surface area contributed by atoms with Crippen LogP contribution in [0.1, 0.15) is 17.4 Å². The molecule has 0 aliphatic heterocycles. The minimum atomic E-state index is -0.407. The summed E-state index contributed by atoms with van der Waals surface area (Å²) in [5.74, 6) is -0.407. The monoisotopic (exact) mass is 188 g/mol. The summed E-state index contributed by atoms with van der Waals surface area (Å²) in [6.07, 6.45) is 2.81. The summed E-state index contributed by atoms with van der Waals surface area (Å²) in [6.45, 7) is 2.11. The van der Waals surface area contributed by atoms with Crippen molar-refractivity contribution in [3.8, 4) is 0 Å². The molecule has 0 aromatic carbocycles. The first-order valence-corrected chi connectivity index (χ1v) is 3.27. The topological polar surface area (TPSA) is 52.1 Å². The van der Waals surface area contributed by atoms with E-state index in [1.54, 1.807) is 6.92 Å². The highest BCUT2D eigenvalue weighted by Gasteiger charge is 2.05. The number of carbonyl (C=O) groups excluding carboxylic acids is 1. The average molecular weight is 189 g/mol. The first-order valence-electron chi connectivity index (χ1n) is 3.27. The maximum atomic E-state index is 10.9. The molecular formula is C7H9ClN2O2. The molecule has 0 fully saturated rings. The molecule has 66 valence electrons. The van der Waals surface area contributed by atoms with Crippen LogP contribution in [0.15, 0.2) is 18.6 Å². The van der Waals surface area contributed by atoms with Crippen LogP contribution in [0.25, 0.3) is 0 Å². The van der Waals surface area contributed by atoms with E-state index in [9.17, 15) is 4.79 Å². The zero-order valence-electron chi connectivity index (χ0n) is 6.56. The lowest BCUT2D eigenvalue weighted by Gasteiger charge is -1.97. The molecule has 5 heteroatoms. The summed E-state index contributed by atoms with van der Waals surface area (Å²) in [5, 5.41) is 0. The Balaban J connectivity index is 0.00000121. The van der Waals surface area contributed by atoms with E-state index in [4.69, 9.17) is 4.74 Å². The average Bonchev–Trinajstić information content (AvgIpc) is 2.07. The number of ether oxygens (including phenoxy) is 1. The van der Waals surface area contributed by atoms with Crippen molar-refractivity contribution < 1.29 is 9.53 Å². The van der Waals surface area contributed by atoms with Crippen LogP contribution in [0.3, 0.4) is 0 Å². The third-order valence-corrected chi connectivity index (χ3v) is 1.07. The molecule has 0 saturated carbocycles. The van der Waals surface area contributed by atoms with Crippen LogP contribution in [-0.4, -0.2) is 22.5 Å². The summed E-state index contributed by atoms with van der Waals surface area (Å²) in [6, 6.07) is 1.51. The molecule has 0 amide bonds. The van der Waals surface area contributed by atoms with Crippen molar-refractivity contribution in [2.45, 2.75) is 6.92 Å². The van der Waals surface area contributed by atoms with Crippen molar-refractivity contribution in [1.82, 2.24) is 9.97 Å². The van der Waals surface area contributed by atoms with Gasteiger partial charge in [-0.1, -0.05) is 0 Å². The zero-order valence-corrected chi connectivity index (χ0v) is 7.37. The molecule has 0 N–H and O–H groups in total. The highest BCUT2D eigenvalue weighted by molar-refractivity contribution is 5.86. The third kappa shape index (κ3) is 2.84. The molecule has 1 rings (SSSR count). The van der Waals surface area contributed by atoms with Crippen LogP contribution in [-0.2, 0) is 4.74 Å². The van der Waals surface area contributed by atoms with Gasteiger partial charge in [-0.2, -0.15) is 0 Å². The summed E-state index contributed by atoms with van der Waals surface area (Å²) >= 11 is 0. The molecule has 0 saturated heterocycles. The van der Waals surface area contributed by atoms with E-state index in [0.29, 0.717) is 12.3 Å². The quantitative estimate of drug-likeness (QED) is 0.652. The van der Waals surface area contributed by atoms with Crippen LogP contribution in [0.4, 0.5) is 0 Å². The van der Waals surface area contributed by atoms with Gasteiger partial charge in [0.2, 0.25) is 0 Å². The minimum Gasteiger partial charge on any atom is -0.461 e. The second-order valence-corrected chi connectivity index (χ2v) is 1.82. The van der Waals surface area contributed by atoms with Gasteiger partial charge in [0, 0.05) is 6.20 Å². The number of hydrogen-bond donors (Lipinski definition) is 0. The molecular weight excluding hydrogens is 180 g/mol. The van der Waals surface area contributed by atoms with E-state index in [2.05, 4.69) is 9.97 Å². The van der Waals surface area contributed by atoms with Crippen LogP contribution in [0.2, 0.25) is 0 Å². The van der Waals surface area contributed by atoms with Gasteiger partial charge in [0.05, 0.1) is 6.61 Å². The Morgan fingerprint density at radius 3 is 2.92 bits per heavy atom. The van der Waals surface area contributed by atoms with Crippen molar-refractivity contribution in [3.05, 3.63) is 24.3 Å². The number of halogens is 1. The van der Waals surface area contributed by atoms with Gasteiger partial charge in [0.25, 0.3) is 0 Å². The lowest BCUT2D eigenvalue weighted by atomic mass is 10.4. The number of aromatic nitrogens is 2. The fourth-order valence-electron chi connectivity index (χ4n) is 0.616. The van der Waals surface area contributed by atoms with E-state index >= 15 is 0 Å². The van der Waals surface area contributed by atoms with Gasteiger partial charge in [0.1, 0.15) is 6.33 Å². The maximum absolute atomic E-state index is 10.9. The number of carbonyl (C=O) groups is 1. The van der Waals surface area contributed by atoms with Crippen molar-refractivity contribution >= 4 is 18.4 Å². The molecule has 0 radical (unpaired) electrons. The number of rotatable bonds is 2. The zero-order chi connectivity index (χ0) is 8.10. The van der Waals surface area contributed by atoms with Gasteiger partial charge in [-0.3, -0.25) is 0 Å². The summed E-state index contributed by atoms with van der Waals surface area (Å²) < 4.78 is 4.70. The summed E-state index contributed by atoms with van der Waals surface area (Å²) in [7, 11) is 0. The standard InChI is InChI=1S/C7H8N2O2.ClH/c1-2-11-7(10)6-3-4-8-5-9-6;/h3-5H,2H2,1H3;1H. The molecule has 0 aliphatic rings. The van der Waals surface area contributed by atoms with E-state index in [1.165, 1.54) is 18.6 Å². The maximum Gasteiger partial charge on any atom is 0.357 e.